The number of carboxylic acids is 1. The number of hydrogen-bond acceptors (Lipinski definition) is 5. The summed E-state index contributed by atoms with van der Waals surface area (Å²) in [5.41, 5.74) is 2.35. The van der Waals surface area contributed by atoms with E-state index in [2.05, 4.69) is 14.9 Å². The third-order valence-electron chi connectivity index (χ3n) is 6.07. The summed E-state index contributed by atoms with van der Waals surface area (Å²) in [6.45, 7) is 6.35. The second kappa shape index (κ2) is 8.51. The molecule has 0 bridgehead atoms. The molecule has 2 fully saturated rings. The highest BCUT2D eigenvalue weighted by atomic mass is 16.5. The Morgan fingerprint density at radius 3 is 2.83 bits per heavy atom. The van der Waals surface area contributed by atoms with Gasteiger partial charge in [-0.05, 0) is 43.9 Å². The molecular formula is C21H28N4O4. The maximum Gasteiger partial charge on any atom is 0.303 e. The average molecular weight is 400 g/mol. The molecular weight excluding hydrogens is 372 g/mol. The first kappa shape index (κ1) is 19.8. The summed E-state index contributed by atoms with van der Waals surface area (Å²) < 4.78 is 5.47. The molecule has 2 atom stereocenters. The van der Waals surface area contributed by atoms with Gasteiger partial charge in [0.15, 0.2) is 0 Å². The lowest BCUT2D eigenvalue weighted by Gasteiger charge is -2.45. The zero-order chi connectivity index (χ0) is 20.4. The van der Waals surface area contributed by atoms with Crippen LogP contribution in [0.25, 0.3) is 11.0 Å². The molecule has 156 valence electrons. The van der Waals surface area contributed by atoms with Crippen molar-refractivity contribution in [1.82, 2.24) is 19.8 Å². The standard InChI is InChI=1S/C21H28N4O4/c1-14-22-17-4-2-15(12-18(17)23-14)21(28)25-7-6-19(24-8-10-29-11-9-24)16(13-25)3-5-20(26)27/h2,4,12,16,19H,3,5-11,13H2,1H3,(H,22,23)(H,26,27)/t16-,19+/m1/s1. The first-order valence-electron chi connectivity index (χ1n) is 10.3. The van der Waals surface area contributed by atoms with E-state index < -0.39 is 5.97 Å². The minimum absolute atomic E-state index is 0.0000874. The number of benzene rings is 1. The van der Waals surface area contributed by atoms with Crippen LogP contribution in [0.5, 0.6) is 0 Å². The van der Waals surface area contributed by atoms with Crippen molar-refractivity contribution in [1.29, 1.82) is 0 Å². The number of likely N-dealkylation sites (tertiary alicyclic amines) is 1. The largest absolute Gasteiger partial charge is 0.481 e. The highest BCUT2D eigenvalue weighted by Gasteiger charge is 2.36. The van der Waals surface area contributed by atoms with Crippen molar-refractivity contribution in [3.8, 4) is 0 Å². The van der Waals surface area contributed by atoms with E-state index >= 15 is 0 Å². The van der Waals surface area contributed by atoms with Gasteiger partial charge in [-0.2, -0.15) is 0 Å². The van der Waals surface area contributed by atoms with E-state index in [0.717, 1.165) is 36.4 Å². The number of fused-ring (bicyclic) bond motifs is 1. The van der Waals surface area contributed by atoms with Crippen LogP contribution in [0, 0.1) is 12.8 Å². The van der Waals surface area contributed by atoms with Crippen molar-refractivity contribution >= 4 is 22.9 Å². The van der Waals surface area contributed by atoms with Crippen LogP contribution in [0.15, 0.2) is 18.2 Å². The molecule has 0 aliphatic carbocycles. The number of morpholine rings is 1. The summed E-state index contributed by atoms with van der Waals surface area (Å²) >= 11 is 0. The van der Waals surface area contributed by atoms with E-state index in [1.807, 2.05) is 30.0 Å². The third kappa shape index (κ3) is 4.43. The number of carboxylic acid groups (broad SMARTS) is 1. The maximum atomic E-state index is 13.2. The van der Waals surface area contributed by atoms with E-state index in [0.29, 0.717) is 44.3 Å². The molecule has 8 heteroatoms. The third-order valence-corrected chi connectivity index (χ3v) is 6.07. The number of rotatable bonds is 5. The van der Waals surface area contributed by atoms with Gasteiger partial charge in [-0.3, -0.25) is 14.5 Å². The number of nitrogens with one attached hydrogen (secondary N) is 1. The number of H-pyrrole nitrogens is 1. The van der Waals surface area contributed by atoms with Gasteiger partial charge < -0.3 is 19.7 Å². The predicted octanol–water partition coefficient (Wildman–Crippen LogP) is 1.90. The van der Waals surface area contributed by atoms with Gasteiger partial charge in [-0.1, -0.05) is 0 Å². The van der Waals surface area contributed by atoms with E-state index in [9.17, 15) is 14.7 Å². The van der Waals surface area contributed by atoms with Crippen molar-refractivity contribution in [3.63, 3.8) is 0 Å². The first-order chi connectivity index (χ1) is 14.0. The normalized spacial score (nSPS) is 23.4. The number of aromatic amines is 1. The molecule has 2 saturated heterocycles. The number of piperidine rings is 1. The zero-order valence-corrected chi connectivity index (χ0v) is 16.8. The zero-order valence-electron chi connectivity index (χ0n) is 16.8. The fourth-order valence-electron chi connectivity index (χ4n) is 4.64. The number of aliphatic carboxylic acids is 1. The van der Waals surface area contributed by atoms with Crippen LogP contribution in [0.2, 0.25) is 0 Å². The molecule has 8 nitrogen and oxygen atoms in total. The highest BCUT2D eigenvalue weighted by Crippen LogP contribution is 2.28. The predicted molar refractivity (Wildman–Crippen MR) is 108 cm³/mol. The SMILES string of the molecule is Cc1nc2ccc(C(=O)N3CC[C@H](N4CCOCC4)[C@H](CCC(=O)O)C3)cc2[nH]1. The van der Waals surface area contributed by atoms with Crippen LogP contribution >= 0.6 is 0 Å². The summed E-state index contributed by atoms with van der Waals surface area (Å²) in [7, 11) is 0. The van der Waals surface area contributed by atoms with Crippen LogP contribution in [0.3, 0.4) is 0 Å². The maximum absolute atomic E-state index is 13.2. The minimum Gasteiger partial charge on any atom is -0.481 e. The molecule has 29 heavy (non-hydrogen) atoms. The van der Waals surface area contributed by atoms with Crippen molar-refractivity contribution in [2.24, 2.45) is 5.92 Å². The molecule has 2 aliphatic heterocycles. The molecule has 1 aromatic heterocycles. The minimum atomic E-state index is -0.783. The Morgan fingerprint density at radius 2 is 2.07 bits per heavy atom. The number of carbonyl (C=O) groups excluding carboxylic acids is 1. The van der Waals surface area contributed by atoms with Crippen molar-refractivity contribution < 1.29 is 19.4 Å². The van der Waals surface area contributed by atoms with Gasteiger partial charge in [-0.15, -0.1) is 0 Å². The molecule has 3 heterocycles. The van der Waals surface area contributed by atoms with Crippen LogP contribution < -0.4 is 0 Å². The summed E-state index contributed by atoms with van der Waals surface area (Å²) in [5, 5.41) is 9.17. The Hall–Kier alpha value is -2.45. The fraction of sp³-hybridized carbons (Fsp3) is 0.571. The highest BCUT2D eigenvalue weighted by molar-refractivity contribution is 5.97. The van der Waals surface area contributed by atoms with E-state index in [-0.39, 0.29) is 18.2 Å². The molecule has 0 unspecified atom stereocenters. The van der Waals surface area contributed by atoms with Crippen molar-refractivity contribution in [3.05, 3.63) is 29.6 Å². The molecule has 2 aromatic rings. The van der Waals surface area contributed by atoms with Crippen LogP contribution in [0.1, 0.15) is 35.4 Å². The molecule has 4 rings (SSSR count). The number of aryl methyl sites for hydroxylation is 1. The summed E-state index contributed by atoms with van der Waals surface area (Å²) in [6, 6.07) is 5.86. The van der Waals surface area contributed by atoms with Crippen molar-refractivity contribution in [2.45, 2.75) is 32.2 Å². The number of amides is 1. The van der Waals surface area contributed by atoms with Gasteiger partial charge in [-0.25, -0.2) is 4.98 Å². The van der Waals surface area contributed by atoms with E-state index in [1.54, 1.807) is 0 Å². The Kier molecular flexibility index (Phi) is 5.82. The number of carbonyl (C=O) groups is 2. The lowest BCUT2D eigenvalue weighted by molar-refractivity contribution is -0.137. The lowest BCUT2D eigenvalue weighted by atomic mass is 9.86. The number of hydrogen-bond donors (Lipinski definition) is 2. The van der Waals surface area contributed by atoms with E-state index in [1.165, 1.54) is 0 Å². The summed E-state index contributed by atoms with van der Waals surface area (Å²) in [6.07, 6.45) is 1.58. The van der Waals surface area contributed by atoms with E-state index in [4.69, 9.17) is 4.74 Å². The van der Waals surface area contributed by atoms with Gasteiger partial charge >= 0.3 is 5.97 Å². The Bertz CT molecular complexity index is 890. The molecule has 2 N–H and O–H groups in total. The van der Waals surface area contributed by atoms with Gasteiger partial charge in [0.25, 0.3) is 5.91 Å². The van der Waals surface area contributed by atoms with Crippen LogP contribution in [0.4, 0.5) is 0 Å². The first-order valence-corrected chi connectivity index (χ1v) is 10.3. The van der Waals surface area contributed by atoms with Crippen LogP contribution in [-0.4, -0.2) is 82.2 Å². The van der Waals surface area contributed by atoms with Gasteiger partial charge in [0.1, 0.15) is 5.82 Å². The Morgan fingerprint density at radius 1 is 1.28 bits per heavy atom. The summed E-state index contributed by atoms with van der Waals surface area (Å²) in [4.78, 5) is 36.2. The van der Waals surface area contributed by atoms with Gasteiger partial charge in [0.2, 0.25) is 0 Å². The molecule has 2 aliphatic rings. The number of nitrogens with zero attached hydrogens (tertiary/aromatic N) is 3. The molecule has 1 aromatic carbocycles. The number of ether oxygens (including phenoxy) is 1. The lowest BCUT2D eigenvalue weighted by Crippen LogP contribution is -2.55. The molecule has 0 radical (unpaired) electrons. The Labute approximate surface area is 169 Å². The molecule has 0 saturated carbocycles. The quantitative estimate of drug-likeness (QED) is 0.795. The van der Waals surface area contributed by atoms with Crippen molar-refractivity contribution in [2.75, 3.05) is 39.4 Å². The second-order valence-electron chi connectivity index (χ2n) is 8.00. The number of aromatic nitrogens is 2. The summed E-state index contributed by atoms with van der Waals surface area (Å²) in [5.74, 6) is 0.193. The molecule has 1 amide bonds. The van der Waals surface area contributed by atoms with Crippen LogP contribution in [-0.2, 0) is 9.53 Å². The molecule has 0 spiro atoms. The number of imidazole rings is 1. The Balaban J connectivity index is 1.49. The monoisotopic (exact) mass is 400 g/mol. The smallest absolute Gasteiger partial charge is 0.303 e. The fourth-order valence-corrected chi connectivity index (χ4v) is 4.64. The average Bonchev–Trinajstić information content (AvgIpc) is 3.11. The van der Waals surface area contributed by atoms with Gasteiger partial charge in [0.05, 0.1) is 24.2 Å². The second-order valence-corrected chi connectivity index (χ2v) is 8.00. The topological polar surface area (TPSA) is 98.8 Å². The van der Waals surface area contributed by atoms with Gasteiger partial charge in [0, 0.05) is 44.2 Å².